The molecule has 0 aromatic rings. The molecule has 0 rings (SSSR count). The highest BCUT2D eigenvalue weighted by atomic mass is 31.2. The summed E-state index contributed by atoms with van der Waals surface area (Å²) in [5, 5.41) is 0. The fourth-order valence-electron chi connectivity index (χ4n) is 5.92. The van der Waals surface area contributed by atoms with Crippen LogP contribution in [0.15, 0.2) is 0 Å². The minimum Gasteiger partial charge on any atom is -0.756 e. The zero-order chi connectivity index (χ0) is 36.1. The maximum atomic E-state index is 12.5. The number of unbranched alkanes of at least 4 members (excludes halogenated alkanes) is 26. The first-order valence-electron chi connectivity index (χ1n) is 20.5. The van der Waals surface area contributed by atoms with E-state index in [0.29, 0.717) is 6.42 Å². The van der Waals surface area contributed by atoms with Crippen molar-refractivity contribution in [3.63, 3.8) is 0 Å². The molecule has 0 saturated heterocycles. The Hall–Kier alpha value is -0.990. The topological polar surface area (TPSA) is 137 Å². The Labute approximate surface area is 301 Å². The van der Waals surface area contributed by atoms with Crippen LogP contribution in [0.4, 0.5) is 0 Å². The van der Waals surface area contributed by atoms with E-state index in [4.69, 9.17) is 19.7 Å². The maximum Gasteiger partial charge on any atom is 0.306 e. The maximum absolute atomic E-state index is 12.5. The summed E-state index contributed by atoms with van der Waals surface area (Å²) in [4.78, 5) is 36.8. The predicted molar refractivity (Wildman–Crippen MR) is 199 cm³/mol. The zero-order valence-corrected chi connectivity index (χ0v) is 32.8. The Morgan fingerprint density at radius 3 is 1.24 bits per heavy atom. The van der Waals surface area contributed by atoms with E-state index in [1.165, 1.54) is 141 Å². The van der Waals surface area contributed by atoms with Crippen molar-refractivity contribution in [1.29, 1.82) is 0 Å². The number of esters is 2. The molecule has 0 aromatic heterocycles. The van der Waals surface area contributed by atoms with Crippen molar-refractivity contribution in [3.8, 4) is 0 Å². The molecule has 292 valence electrons. The molecule has 0 aliphatic rings. The third-order valence-corrected chi connectivity index (χ3v) is 9.95. The van der Waals surface area contributed by atoms with Gasteiger partial charge in [-0.3, -0.25) is 14.2 Å². The lowest BCUT2D eigenvalue weighted by Crippen LogP contribution is -2.30. The van der Waals surface area contributed by atoms with E-state index in [0.717, 1.165) is 32.1 Å². The van der Waals surface area contributed by atoms with E-state index >= 15 is 0 Å². The quantitative estimate of drug-likeness (QED) is 0.0374. The van der Waals surface area contributed by atoms with Gasteiger partial charge in [0.2, 0.25) is 0 Å². The molecule has 1 unspecified atom stereocenters. The van der Waals surface area contributed by atoms with Crippen LogP contribution < -0.4 is 10.6 Å². The number of phosphoric ester groups is 1. The Morgan fingerprint density at radius 1 is 0.531 bits per heavy atom. The average Bonchev–Trinajstić information content (AvgIpc) is 3.08. The smallest absolute Gasteiger partial charge is 0.306 e. The molecule has 0 heterocycles. The van der Waals surface area contributed by atoms with Crippen molar-refractivity contribution in [2.45, 2.75) is 213 Å². The third kappa shape index (κ3) is 36.6. The number of hydrogen-bond acceptors (Lipinski definition) is 9. The molecule has 0 bridgehead atoms. The van der Waals surface area contributed by atoms with Crippen LogP contribution in [0.25, 0.3) is 0 Å². The van der Waals surface area contributed by atoms with Crippen LogP contribution in [-0.4, -0.2) is 44.4 Å². The summed E-state index contributed by atoms with van der Waals surface area (Å²) in [5.74, 6) is -0.851. The van der Waals surface area contributed by atoms with Crippen molar-refractivity contribution in [3.05, 3.63) is 0 Å². The molecule has 0 aromatic carbocycles. The van der Waals surface area contributed by atoms with E-state index in [1.807, 2.05) is 0 Å². The molecule has 0 saturated carbocycles. The summed E-state index contributed by atoms with van der Waals surface area (Å²) in [6, 6.07) is 0. The lowest BCUT2D eigenvalue weighted by Gasteiger charge is -2.25. The minimum atomic E-state index is -4.61. The molecule has 0 amide bonds. The van der Waals surface area contributed by atoms with E-state index in [-0.39, 0.29) is 32.6 Å². The van der Waals surface area contributed by atoms with Gasteiger partial charge in [0.05, 0.1) is 13.2 Å². The van der Waals surface area contributed by atoms with Crippen LogP contribution in [-0.2, 0) is 32.7 Å². The largest absolute Gasteiger partial charge is 0.756 e. The fourth-order valence-corrected chi connectivity index (χ4v) is 6.68. The first-order valence-corrected chi connectivity index (χ1v) is 22.0. The summed E-state index contributed by atoms with van der Waals surface area (Å²) in [6.07, 6.45) is 33.9. The Balaban J connectivity index is 4.14. The highest BCUT2D eigenvalue weighted by molar-refractivity contribution is 7.45. The highest BCUT2D eigenvalue weighted by Gasteiger charge is 2.21. The van der Waals surface area contributed by atoms with Gasteiger partial charge in [-0.15, -0.1) is 0 Å². The Morgan fingerprint density at radius 2 is 0.878 bits per heavy atom. The van der Waals surface area contributed by atoms with E-state index < -0.39 is 32.5 Å². The van der Waals surface area contributed by atoms with Gasteiger partial charge in [-0.2, -0.15) is 0 Å². The lowest BCUT2D eigenvalue weighted by atomic mass is 10.0. The van der Waals surface area contributed by atoms with Crippen molar-refractivity contribution in [2.24, 2.45) is 5.73 Å². The van der Waals surface area contributed by atoms with E-state index in [2.05, 4.69) is 18.4 Å². The SMILES string of the molecule is CCCCCCCCCCCCCCCCC(=O)OC[C@H](COP(=O)([O-])OCCN)OC(=O)CCCCCCCCCCCCCCCC. The number of phosphoric acid groups is 1. The number of carbonyl (C=O) groups is 2. The Kier molecular flexibility index (Phi) is 36.0. The normalized spacial score (nSPS) is 13.3. The van der Waals surface area contributed by atoms with Crippen molar-refractivity contribution in [1.82, 2.24) is 0 Å². The summed E-state index contributed by atoms with van der Waals surface area (Å²) in [5.41, 5.74) is 5.31. The highest BCUT2D eigenvalue weighted by Crippen LogP contribution is 2.38. The zero-order valence-electron chi connectivity index (χ0n) is 31.9. The first kappa shape index (κ1) is 48.0. The number of nitrogens with two attached hydrogens (primary N) is 1. The van der Waals surface area contributed by atoms with E-state index in [1.54, 1.807) is 0 Å². The molecule has 49 heavy (non-hydrogen) atoms. The number of ether oxygens (including phenoxy) is 2. The summed E-state index contributed by atoms with van der Waals surface area (Å²) < 4.78 is 32.3. The molecule has 9 nitrogen and oxygen atoms in total. The van der Waals surface area contributed by atoms with Gasteiger partial charge >= 0.3 is 11.9 Å². The van der Waals surface area contributed by atoms with Crippen molar-refractivity contribution < 1.29 is 37.6 Å². The summed E-state index contributed by atoms with van der Waals surface area (Å²) in [6.45, 7) is 3.56. The number of hydrogen-bond donors (Lipinski definition) is 1. The first-order chi connectivity index (χ1) is 23.8. The van der Waals surface area contributed by atoms with Gasteiger partial charge in [-0.25, -0.2) is 0 Å². The van der Waals surface area contributed by atoms with Gasteiger partial charge in [0.1, 0.15) is 6.61 Å². The summed E-state index contributed by atoms with van der Waals surface area (Å²) in [7, 11) is -4.61. The van der Waals surface area contributed by atoms with Crippen LogP contribution in [0.2, 0.25) is 0 Å². The van der Waals surface area contributed by atoms with Crippen LogP contribution in [0, 0.1) is 0 Å². The molecule has 0 radical (unpaired) electrons. The molecule has 2 N–H and O–H groups in total. The second-order valence-corrected chi connectivity index (χ2v) is 15.3. The van der Waals surface area contributed by atoms with Crippen molar-refractivity contribution >= 4 is 19.8 Å². The van der Waals surface area contributed by atoms with Gasteiger partial charge in [0.25, 0.3) is 7.82 Å². The van der Waals surface area contributed by atoms with Crippen molar-refractivity contribution in [2.75, 3.05) is 26.4 Å². The molecular weight excluding hydrogens is 641 g/mol. The summed E-state index contributed by atoms with van der Waals surface area (Å²) >= 11 is 0. The fraction of sp³-hybridized carbons (Fsp3) is 0.949. The molecule has 0 spiro atoms. The molecular formula is C39H77NO8P-. The monoisotopic (exact) mass is 719 g/mol. The molecule has 10 heteroatoms. The second kappa shape index (κ2) is 36.8. The second-order valence-electron chi connectivity index (χ2n) is 13.9. The van der Waals surface area contributed by atoms with Crippen LogP contribution in [0.3, 0.4) is 0 Å². The van der Waals surface area contributed by atoms with Gasteiger partial charge in [0.15, 0.2) is 6.10 Å². The van der Waals surface area contributed by atoms with Crippen LogP contribution in [0.5, 0.6) is 0 Å². The molecule has 0 aliphatic carbocycles. The standard InChI is InChI=1S/C39H78NO8P/c1-3-5-7-9-11-13-15-17-19-21-23-25-27-29-31-38(41)45-35-37(36-47-49(43,44)46-34-33-40)48-39(42)32-30-28-26-24-22-20-18-16-14-12-10-8-6-4-2/h37H,3-36,40H2,1-2H3,(H,43,44)/p-1/t37-/m1/s1. The Bertz CT molecular complexity index is 784. The van der Waals surface area contributed by atoms with Gasteiger partial charge in [0, 0.05) is 19.4 Å². The molecule has 0 fully saturated rings. The van der Waals surface area contributed by atoms with Gasteiger partial charge in [-0.1, -0.05) is 181 Å². The van der Waals surface area contributed by atoms with Gasteiger partial charge < -0.3 is 29.1 Å². The third-order valence-electron chi connectivity index (χ3n) is 8.98. The molecule has 2 atom stereocenters. The average molecular weight is 719 g/mol. The minimum absolute atomic E-state index is 0.0179. The van der Waals surface area contributed by atoms with Crippen LogP contribution in [0.1, 0.15) is 206 Å². The van der Waals surface area contributed by atoms with E-state index in [9.17, 15) is 19.0 Å². The number of carbonyl (C=O) groups excluding carboxylic acids is 2. The number of rotatable bonds is 39. The van der Waals surface area contributed by atoms with Crippen LogP contribution >= 0.6 is 7.82 Å². The van der Waals surface area contributed by atoms with Gasteiger partial charge in [-0.05, 0) is 12.8 Å². The molecule has 0 aliphatic heterocycles. The predicted octanol–water partition coefficient (Wildman–Crippen LogP) is 10.6. The lowest BCUT2D eigenvalue weighted by molar-refractivity contribution is -0.228.